The van der Waals surface area contributed by atoms with E-state index in [1.54, 1.807) is 0 Å². The second-order valence-corrected chi connectivity index (χ2v) is 6.86. The summed E-state index contributed by atoms with van der Waals surface area (Å²) in [6.07, 6.45) is 1.67. The number of nitrogens with one attached hydrogen (secondary N) is 1. The minimum Gasteiger partial charge on any atom is -0.352 e. The Morgan fingerprint density at radius 2 is 1.90 bits per heavy atom. The number of hydrogen-bond donors (Lipinski definition) is 1. The van der Waals surface area contributed by atoms with Gasteiger partial charge in [-0.1, -0.05) is 19.1 Å². The molecule has 0 saturated carbocycles. The van der Waals surface area contributed by atoms with Gasteiger partial charge < -0.3 is 5.32 Å². The highest BCUT2D eigenvalue weighted by Crippen LogP contribution is 2.24. The van der Waals surface area contributed by atoms with E-state index in [1.165, 1.54) is 25.1 Å². The van der Waals surface area contributed by atoms with Gasteiger partial charge in [-0.15, -0.1) is 0 Å². The van der Waals surface area contributed by atoms with Gasteiger partial charge >= 0.3 is 0 Å². The van der Waals surface area contributed by atoms with E-state index in [0.717, 1.165) is 23.0 Å². The second-order valence-electron chi connectivity index (χ2n) is 5.00. The normalized spacial score (nSPS) is 14.3. The Morgan fingerprint density at radius 3 is 2.38 bits per heavy atom. The van der Waals surface area contributed by atoms with Crippen molar-refractivity contribution in [3.05, 3.63) is 30.1 Å². The van der Waals surface area contributed by atoms with Crippen LogP contribution in [0.4, 0.5) is 10.1 Å². The fourth-order valence-electron chi connectivity index (χ4n) is 1.88. The van der Waals surface area contributed by atoms with Gasteiger partial charge in [-0.05, 0) is 32.4 Å². The number of nitrogens with zero attached hydrogens (tertiary/aromatic N) is 1. The summed E-state index contributed by atoms with van der Waals surface area (Å²) in [5.74, 6) is -1.15. The predicted octanol–water partition coefficient (Wildman–Crippen LogP) is 1.89. The number of halogens is 1. The number of amides is 1. The molecule has 0 aromatic heterocycles. The van der Waals surface area contributed by atoms with Crippen molar-refractivity contribution >= 4 is 21.6 Å². The maximum absolute atomic E-state index is 13.9. The fourth-order valence-corrected chi connectivity index (χ4v) is 3.05. The zero-order valence-electron chi connectivity index (χ0n) is 12.6. The first-order valence-corrected chi connectivity index (χ1v) is 8.57. The lowest BCUT2D eigenvalue weighted by Gasteiger charge is -2.29. The number of para-hydroxylation sites is 1. The topological polar surface area (TPSA) is 66.5 Å². The number of rotatable bonds is 6. The lowest BCUT2D eigenvalue weighted by Crippen LogP contribution is -2.50. The van der Waals surface area contributed by atoms with Crippen LogP contribution in [0.2, 0.25) is 0 Å². The van der Waals surface area contributed by atoms with E-state index in [2.05, 4.69) is 5.32 Å². The molecule has 5 nitrogen and oxygen atoms in total. The Labute approximate surface area is 125 Å². The standard InChI is InChI=1S/C14H21FN2O3S/c1-5-10(2)16-14(18)11(3)17(21(4,19)20)13-9-7-6-8-12(13)15/h6-11H,5H2,1-4H3,(H,16,18). The average molecular weight is 316 g/mol. The predicted molar refractivity (Wildman–Crippen MR) is 81.1 cm³/mol. The van der Waals surface area contributed by atoms with Crippen LogP contribution < -0.4 is 9.62 Å². The van der Waals surface area contributed by atoms with E-state index in [-0.39, 0.29) is 11.7 Å². The summed E-state index contributed by atoms with van der Waals surface area (Å²) in [4.78, 5) is 12.1. The molecule has 1 aromatic rings. The van der Waals surface area contributed by atoms with E-state index in [4.69, 9.17) is 0 Å². The molecule has 118 valence electrons. The maximum atomic E-state index is 13.9. The summed E-state index contributed by atoms with van der Waals surface area (Å²) >= 11 is 0. The summed E-state index contributed by atoms with van der Waals surface area (Å²) in [5, 5.41) is 2.70. The summed E-state index contributed by atoms with van der Waals surface area (Å²) in [6, 6.07) is 4.36. The molecular formula is C14H21FN2O3S. The highest BCUT2D eigenvalue weighted by Gasteiger charge is 2.31. The summed E-state index contributed by atoms with van der Waals surface area (Å²) in [7, 11) is -3.79. The molecule has 0 aliphatic carbocycles. The first-order chi connectivity index (χ1) is 9.68. The number of carbonyl (C=O) groups excluding carboxylic acids is 1. The van der Waals surface area contributed by atoms with Gasteiger partial charge in [-0.3, -0.25) is 9.10 Å². The van der Waals surface area contributed by atoms with Crippen LogP contribution in [0.1, 0.15) is 27.2 Å². The third-order valence-electron chi connectivity index (χ3n) is 3.18. The van der Waals surface area contributed by atoms with Crippen molar-refractivity contribution in [3.63, 3.8) is 0 Å². The van der Waals surface area contributed by atoms with Crippen molar-refractivity contribution in [1.82, 2.24) is 5.32 Å². The van der Waals surface area contributed by atoms with Crippen LogP contribution in [0.5, 0.6) is 0 Å². The molecule has 0 fully saturated rings. The van der Waals surface area contributed by atoms with Gasteiger partial charge in [0.15, 0.2) is 0 Å². The summed E-state index contributed by atoms with van der Waals surface area (Å²) in [6.45, 7) is 5.16. The van der Waals surface area contributed by atoms with Crippen molar-refractivity contribution in [2.75, 3.05) is 10.6 Å². The molecular weight excluding hydrogens is 295 g/mol. The number of hydrogen-bond acceptors (Lipinski definition) is 3. The van der Waals surface area contributed by atoms with Crippen LogP contribution in [0, 0.1) is 5.82 Å². The van der Waals surface area contributed by atoms with Gasteiger partial charge in [0.1, 0.15) is 11.9 Å². The first kappa shape index (κ1) is 17.4. The smallest absolute Gasteiger partial charge is 0.243 e. The van der Waals surface area contributed by atoms with Gasteiger partial charge in [-0.2, -0.15) is 0 Å². The van der Waals surface area contributed by atoms with Crippen molar-refractivity contribution in [1.29, 1.82) is 0 Å². The van der Waals surface area contributed by atoms with E-state index in [0.29, 0.717) is 0 Å². The van der Waals surface area contributed by atoms with E-state index < -0.39 is 27.8 Å². The largest absolute Gasteiger partial charge is 0.352 e. The van der Waals surface area contributed by atoms with Crippen LogP contribution in [-0.2, 0) is 14.8 Å². The lowest BCUT2D eigenvalue weighted by atomic mass is 10.2. The average Bonchev–Trinajstić information content (AvgIpc) is 2.39. The molecule has 0 heterocycles. The zero-order chi connectivity index (χ0) is 16.2. The van der Waals surface area contributed by atoms with Gasteiger partial charge in [0.2, 0.25) is 15.9 Å². The van der Waals surface area contributed by atoms with Crippen LogP contribution in [0.25, 0.3) is 0 Å². The van der Waals surface area contributed by atoms with Crippen molar-refractivity contribution in [3.8, 4) is 0 Å². The highest BCUT2D eigenvalue weighted by atomic mass is 32.2. The molecule has 2 unspecified atom stereocenters. The molecule has 21 heavy (non-hydrogen) atoms. The molecule has 0 aliphatic heterocycles. The van der Waals surface area contributed by atoms with E-state index >= 15 is 0 Å². The molecule has 0 radical (unpaired) electrons. The van der Waals surface area contributed by atoms with E-state index in [9.17, 15) is 17.6 Å². The monoisotopic (exact) mass is 316 g/mol. The Bertz CT molecular complexity index is 604. The Hall–Kier alpha value is -1.63. The Morgan fingerprint density at radius 1 is 1.33 bits per heavy atom. The van der Waals surface area contributed by atoms with Crippen molar-refractivity contribution in [2.45, 2.75) is 39.3 Å². The fraction of sp³-hybridized carbons (Fsp3) is 0.500. The lowest BCUT2D eigenvalue weighted by molar-refractivity contribution is -0.122. The van der Waals surface area contributed by atoms with Gasteiger partial charge in [-0.25, -0.2) is 12.8 Å². The molecule has 0 saturated heterocycles. The molecule has 1 N–H and O–H groups in total. The van der Waals surface area contributed by atoms with Crippen molar-refractivity contribution < 1.29 is 17.6 Å². The Kier molecular flexibility index (Phi) is 5.71. The summed E-state index contributed by atoms with van der Waals surface area (Å²) in [5.41, 5.74) is -0.133. The third kappa shape index (κ3) is 4.42. The zero-order valence-corrected chi connectivity index (χ0v) is 13.4. The molecule has 0 spiro atoms. The maximum Gasteiger partial charge on any atom is 0.243 e. The molecule has 2 atom stereocenters. The molecule has 1 rings (SSSR count). The number of carbonyl (C=O) groups is 1. The minimum atomic E-state index is -3.79. The van der Waals surface area contributed by atoms with Crippen LogP contribution in [0.3, 0.4) is 0 Å². The van der Waals surface area contributed by atoms with Crippen LogP contribution in [0.15, 0.2) is 24.3 Å². The second kappa shape index (κ2) is 6.89. The van der Waals surface area contributed by atoms with Gasteiger partial charge in [0, 0.05) is 6.04 Å². The van der Waals surface area contributed by atoms with Gasteiger partial charge in [0.05, 0.1) is 11.9 Å². The third-order valence-corrected chi connectivity index (χ3v) is 4.41. The molecule has 1 aromatic carbocycles. The van der Waals surface area contributed by atoms with Crippen LogP contribution in [-0.4, -0.2) is 32.7 Å². The summed E-state index contributed by atoms with van der Waals surface area (Å²) < 4.78 is 38.6. The number of anilines is 1. The molecule has 0 aliphatic rings. The van der Waals surface area contributed by atoms with Crippen LogP contribution >= 0.6 is 0 Å². The number of sulfonamides is 1. The number of benzene rings is 1. The first-order valence-electron chi connectivity index (χ1n) is 6.72. The SMILES string of the molecule is CCC(C)NC(=O)C(C)N(c1ccccc1F)S(C)(=O)=O. The van der Waals surface area contributed by atoms with Crippen molar-refractivity contribution in [2.24, 2.45) is 0 Å². The van der Waals surface area contributed by atoms with Gasteiger partial charge in [0.25, 0.3) is 0 Å². The Balaban J connectivity index is 3.16. The molecule has 1 amide bonds. The highest BCUT2D eigenvalue weighted by molar-refractivity contribution is 7.92. The quantitative estimate of drug-likeness (QED) is 0.871. The van der Waals surface area contributed by atoms with E-state index in [1.807, 2.05) is 13.8 Å². The molecule has 7 heteroatoms. The molecule has 0 bridgehead atoms. The minimum absolute atomic E-state index is 0.0815.